The van der Waals surface area contributed by atoms with Crippen molar-refractivity contribution in [2.24, 2.45) is 0 Å². The Bertz CT molecular complexity index is 542. The Morgan fingerprint density at radius 2 is 2.15 bits per heavy atom. The number of nitrogens with zero attached hydrogens (tertiary/aromatic N) is 1. The number of carbonyl (C=O) groups is 1. The highest BCUT2D eigenvalue weighted by atomic mass is 19.4. The first-order valence-corrected chi connectivity index (χ1v) is 6.05. The third-order valence-electron chi connectivity index (χ3n) is 3.20. The maximum Gasteiger partial charge on any atom is 0.416 e. The summed E-state index contributed by atoms with van der Waals surface area (Å²) in [5.74, 6) is 2.22. The van der Waals surface area contributed by atoms with Crippen LogP contribution in [0.4, 0.5) is 18.0 Å². The molecule has 1 aromatic carbocycles. The Morgan fingerprint density at radius 3 is 2.75 bits per heavy atom. The molecule has 1 fully saturated rings. The molecule has 0 bridgehead atoms. The number of rotatable bonds is 2. The van der Waals surface area contributed by atoms with Gasteiger partial charge in [-0.2, -0.15) is 13.2 Å². The molecule has 0 radical (unpaired) electrons. The van der Waals surface area contributed by atoms with Crippen LogP contribution in [-0.2, 0) is 6.18 Å². The summed E-state index contributed by atoms with van der Waals surface area (Å²) in [6, 6.07) is 4.93. The van der Waals surface area contributed by atoms with Crippen LogP contribution < -0.4 is 5.32 Å². The average molecular weight is 282 g/mol. The van der Waals surface area contributed by atoms with Gasteiger partial charge in [0.15, 0.2) is 0 Å². The lowest BCUT2D eigenvalue weighted by Crippen LogP contribution is -2.52. The van der Waals surface area contributed by atoms with Crippen LogP contribution in [-0.4, -0.2) is 30.6 Å². The number of likely N-dealkylation sites (tertiary alicyclic amines) is 1. The molecule has 2 amide bonds. The van der Waals surface area contributed by atoms with Crippen molar-refractivity contribution in [3.63, 3.8) is 0 Å². The van der Waals surface area contributed by atoms with Gasteiger partial charge in [0.25, 0.3) is 0 Å². The Labute approximate surface area is 114 Å². The van der Waals surface area contributed by atoms with Crippen molar-refractivity contribution in [3.05, 3.63) is 35.4 Å². The van der Waals surface area contributed by atoms with Crippen molar-refractivity contribution >= 4 is 6.03 Å². The minimum absolute atomic E-state index is 0.0612. The van der Waals surface area contributed by atoms with E-state index in [0.29, 0.717) is 18.7 Å². The zero-order valence-corrected chi connectivity index (χ0v) is 10.6. The molecule has 1 N–H and O–H groups in total. The van der Waals surface area contributed by atoms with E-state index in [0.717, 1.165) is 12.1 Å². The lowest BCUT2D eigenvalue weighted by atomic mass is 9.90. The number of urea groups is 1. The predicted octanol–water partition coefficient (Wildman–Crippen LogP) is 2.45. The maximum atomic E-state index is 12.6. The summed E-state index contributed by atoms with van der Waals surface area (Å²) in [5.41, 5.74) is -0.0638. The van der Waals surface area contributed by atoms with Crippen LogP contribution in [0.15, 0.2) is 24.3 Å². The summed E-state index contributed by atoms with van der Waals surface area (Å²) in [6.45, 7) is 0.943. The minimum Gasteiger partial charge on any atom is -0.327 e. The molecule has 1 aliphatic heterocycles. The second kappa shape index (κ2) is 5.45. The molecule has 0 aromatic heterocycles. The number of hydrogen-bond donors (Lipinski definition) is 1. The Morgan fingerprint density at radius 1 is 1.45 bits per heavy atom. The third kappa shape index (κ3) is 3.05. The Hall–Kier alpha value is -2.16. The minimum atomic E-state index is -4.34. The van der Waals surface area contributed by atoms with Gasteiger partial charge in [-0.05, 0) is 11.6 Å². The standard InChI is InChI=1S/C14H13F3N2O/c1-2-6-18-13(20)19-8-11(9-19)10-4-3-5-12(7-10)14(15,16)17/h1,3-5,7,11H,6,8-9H2,(H,18,20). The van der Waals surface area contributed by atoms with Crippen LogP contribution in [0.3, 0.4) is 0 Å². The summed E-state index contributed by atoms with van der Waals surface area (Å²) in [7, 11) is 0. The molecule has 106 valence electrons. The van der Waals surface area contributed by atoms with E-state index < -0.39 is 11.7 Å². The number of benzene rings is 1. The average Bonchev–Trinajstić information content (AvgIpc) is 2.34. The van der Waals surface area contributed by atoms with Gasteiger partial charge in [-0.25, -0.2) is 4.79 Å². The van der Waals surface area contributed by atoms with Crippen LogP contribution in [0.1, 0.15) is 17.0 Å². The number of alkyl halides is 3. The van der Waals surface area contributed by atoms with E-state index in [4.69, 9.17) is 6.42 Å². The van der Waals surface area contributed by atoms with Crippen LogP contribution in [0.25, 0.3) is 0 Å². The van der Waals surface area contributed by atoms with Crippen LogP contribution in [0.5, 0.6) is 0 Å². The quantitative estimate of drug-likeness (QED) is 0.830. The number of halogens is 3. The van der Waals surface area contributed by atoms with Gasteiger partial charge in [-0.3, -0.25) is 0 Å². The molecule has 0 atom stereocenters. The fourth-order valence-corrected chi connectivity index (χ4v) is 2.06. The molecule has 0 aliphatic carbocycles. The lowest BCUT2D eigenvalue weighted by molar-refractivity contribution is -0.137. The molecule has 0 unspecified atom stereocenters. The highest BCUT2D eigenvalue weighted by Crippen LogP contribution is 2.33. The van der Waals surface area contributed by atoms with Crippen molar-refractivity contribution in [1.82, 2.24) is 10.2 Å². The smallest absolute Gasteiger partial charge is 0.327 e. The Balaban J connectivity index is 1.96. The summed E-state index contributed by atoms with van der Waals surface area (Å²) in [4.78, 5) is 13.0. The lowest BCUT2D eigenvalue weighted by Gasteiger charge is -2.39. The number of nitrogens with one attached hydrogen (secondary N) is 1. The van der Waals surface area contributed by atoms with Gasteiger partial charge in [-0.15, -0.1) is 6.42 Å². The van der Waals surface area contributed by atoms with Gasteiger partial charge in [-0.1, -0.05) is 24.1 Å². The van der Waals surface area contributed by atoms with Gasteiger partial charge < -0.3 is 10.2 Å². The summed E-state index contributed by atoms with van der Waals surface area (Å²) in [6.07, 6.45) is 0.679. The molecular weight excluding hydrogens is 269 g/mol. The van der Waals surface area contributed by atoms with Crippen molar-refractivity contribution in [2.75, 3.05) is 19.6 Å². The molecular formula is C14H13F3N2O. The molecule has 20 heavy (non-hydrogen) atoms. The second-order valence-electron chi connectivity index (χ2n) is 4.59. The van der Waals surface area contributed by atoms with E-state index in [1.54, 1.807) is 6.07 Å². The van der Waals surface area contributed by atoms with Crippen molar-refractivity contribution in [3.8, 4) is 12.3 Å². The van der Waals surface area contributed by atoms with Crippen molar-refractivity contribution in [2.45, 2.75) is 12.1 Å². The molecule has 0 spiro atoms. The molecule has 1 saturated heterocycles. The fraction of sp³-hybridized carbons (Fsp3) is 0.357. The third-order valence-corrected chi connectivity index (χ3v) is 3.20. The summed E-state index contributed by atoms with van der Waals surface area (Å²) >= 11 is 0. The number of terminal acetylenes is 1. The zero-order chi connectivity index (χ0) is 14.8. The molecule has 2 rings (SSSR count). The fourth-order valence-electron chi connectivity index (χ4n) is 2.06. The summed E-state index contributed by atoms with van der Waals surface area (Å²) in [5, 5.41) is 2.51. The highest BCUT2D eigenvalue weighted by Gasteiger charge is 2.34. The predicted molar refractivity (Wildman–Crippen MR) is 68.0 cm³/mol. The van der Waals surface area contributed by atoms with E-state index in [1.165, 1.54) is 11.0 Å². The highest BCUT2D eigenvalue weighted by molar-refractivity contribution is 5.75. The van der Waals surface area contributed by atoms with Gasteiger partial charge in [0.1, 0.15) is 0 Å². The number of amides is 2. The molecule has 6 heteroatoms. The van der Waals surface area contributed by atoms with E-state index >= 15 is 0 Å². The number of hydrogen-bond acceptors (Lipinski definition) is 1. The van der Waals surface area contributed by atoms with Gasteiger partial charge in [0.05, 0.1) is 12.1 Å². The molecule has 1 aliphatic rings. The Kier molecular flexibility index (Phi) is 3.89. The molecule has 3 nitrogen and oxygen atoms in total. The van der Waals surface area contributed by atoms with Gasteiger partial charge in [0.2, 0.25) is 0 Å². The van der Waals surface area contributed by atoms with Crippen LogP contribution in [0, 0.1) is 12.3 Å². The first kappa shape index (κ1) is 14.3. The molecule has 0 saturated carbocycles. The largest absolute Gasteiger partial charge is 0.416 e. The zero-order valence-electron chi connectivity index (χ0n) is 10.6. The maximum absolute atomic E-state index is 12.6. The van der Waals surface area contributed by atoms with Crippen molar-refractivity contribution < 1.29 is 18.0 Å². The SMILES string of the molecule is C#CCNC(=O)N1CC(c2cccc(C(F)(F)F)c2)C1. The first-order chi connectivity index (χ1) is 9.41. The summed E-state index contributed by atoms with van der Waals surface area (Å²) < 4.78 is 37.8. The normalized spacial score (nSPS) is 15.4. The van der Waals surface area contributed by atoms with E-state index in [9.17, 15) is 18.0 Å². The second-order valence-corrected chi connectivity index (χ2v) is 4.59. The van der Waals surface area contributed by atoms with Crippen LogP contribution in [0.2, 0.25) is 0 Å². The first-order valence-electron chi connectivity index (χ1n) is 6.05. The van der Waals surface area contributed by atoms with E-state index in [1.807, 2.05) is 0 Å². The van der Waals surface area contributed by atoms with Crippen molar-refractivity contribution in [1.29, 1.82) is 0 Å². The monoisotopic (exact) mass is 282 g/mol. The van der Waals surface area contributed by atoms with Gasteiger partial charge >= 0.3 is 12.2 Å². The topological polar surface area (TPSA) is 32.3 Å². The molecule has 1 heterocycles. The van der Waals surface area contributed by atoms with Crippen LogP contribution >= 0.6 is 0 Å². The van der Waals surface area contributed by atoms with Gasteiger partial charge in [0, 0.05) is 19.0 Å². The number of carbonyl (C=O) groups excluding carboxylic acids is 1. The molecule has 1 aromatic rings. The van der Waals surface area contributed by atoms with E-state index in [-0.39, 0.29) is 18.5 Å². The van der Waals surface area contributed by atoms with E-state index in [2.05, 4.69) is 11.2 Å².